The van der Waals surface area contributed by atoms with Gasteiger partial charge in [0.1, 0.15) is 17.8 Å². The van der Waals surface area contributed by atoms with Gasteiger partial charge < -0.3 is 24.4 Å². The van der Waals surface area contributed by atoms with Gasteiger partial charge in [-0.3, -0.25) is 14.4 Å². The molecule has 0 aromatic rings. The van der Waals surface area contributed by atoms with Crippen molar-refractivity contribution in [2.45, 2.75) is 83.9 Å². The standard InChI is InChI=1S/C25H34O9/c1-6-10(2)21(30)34-16-18-24(5)20(29)15(27)17-23(4)12(11(3)7-13(26)19(23)28)8-14(33-22(16)31)25(17,18)9-32-24/h10-12,14-18,20,27,29H,6-9H2,1-5H3/t10-,11?,12+,14-,15-,16-,17-,18+,20+,23+,24-,25-/m1/s1. The van der Waals surface area contributed by atoms with E-state index in [0.717, 1.165) is 0 Å². The quantitative estimate of drug-likeness (QED) is 0.446. The third-order valence-electron chi connectivity index (χ3n) is 10.1. The first-order valence-corrected chi connectivity index (χ1v) is 12.3. The van der Waals surface area contributed by atoms with E-state index in [2.05, 4.69) is 0 Å². The van der Waals surface area contributed by atoms with Crippen LogP contribution in [0.4, 0.5) is 0 Å². The molecule has 2 N–H and O–H groups in total. The molecule has 3 saturated carbocycles. The average molecular weight is 479 g/mol. The van der Waals surface area contributed by atoms with E-state index >= 15 is 0 Å². The van der Waals surface area contributed by atoms with E-state index in [1.54, 1.807) is 20.8 Å². The Morgan fingerprint density at radius 3 is 2.53 bits per heavy atom. The van der Waals surface area contributed by atoms with Gasteiger partial charge in [-0.25, -0.2) is 4.79 Å². The summed E-state index contributed by atoms with van der Waals surface area (Å²) in [5, 5.41) is 22.8. The first kappa shape index (κ1) is 23.9. The van der Waals surface area contributed by atoms with Gasteiger partial charge in [-0.15, -0.1) is 0 Å². The Bertz CT molecular complexity index is 962. The zero-order valence-electron chi connectivity index (χ0n) is 20.3. The number of esters is 2. The fourth-order valence-corrected chi connectivity index (χ4v) is 8.29. The molecule has 5 fully saturated rings. The summed E-state index contributed by atoms with van der Waals surface area (Å²) in [7, 11) is 0. The summed E-state index contributed by atoms with van der Waals surface area (Å²) in [6, 6.07) is 0. The molecule has 5 aliphatic rings. The van der Waals surface area contributed by atoms with Crippen molar-refractivity contribution in [3.8, 4) is 0 Å². The number of carbonyl (C=O) groups excluding carboxylic acids is 4. The topological polar surface area (TPSA) is 136 Å². The molecule has 1 spiro atoms. The molecule has 34 heavy (non-hydrogen) atoms. The van der Waals surface area contributed by atoms with Crippen LogP contribution in [0.3, 0.4) is 0 Å². The maximum absolute atomic E-state index is 13.5. The van der Waals surface area contributed by atoms with Gasteiger partial charge in [0.2, 0.25) is 11.9 Å². The molecule has 12 atom stereocenters. The van der Waals surface area contributed by atoms with Crippen molar-refractivity contribution >= 4 is 23.5 Å². The number of ketones is 2. The van der Waals surface area contributed by atoms with Gasteiger partial charge in [0.05, 0.1) is 24.5 Å². The Labute approximate surface area is 198 Å². The normalized spacial score (nSPS) is 52.4. The van der Waals surface area contributed by atoms with Crippen LogP contribution in [0.5, 0.6) is 0 Å². The molecule has 0 radical (unpaired) electrons. The molecule has 188 valence electrons. The Kier molecular flexibility index (Phi) is 5.15. The molecule has 9 nitrogen and oxygen atoms in total. The van der Waals surface area contributed by atoms with E-state index in [-0.39, 0.29) is 24.9 Å². The van der Waals surface area contributed by atoms with Crippen molar-refractivity contribution in [3.63, 3.8) is 0 Å². The predicted molar refractivity (Wildman–Crippen MR) is 115 cm³/mol. The van der Waals surface area contributed by atoms with E-state index in [0.29, 0.717) is 12.8 Å². The SMILES string of the molecule is CC[C@@H](C)C(=O)O[C@H]1C(=O)O[C@@H]2C[C@H]3C(C)CC(=O)C(=O)[C@]3(C)[C@H]3[C@@H](O)[C@H](O)[C@]4(C)OC[C@]32[C@@H]14. The van der Waals surface area contributed by atoms with Crippen LogP contribution in [0.15, 0.2) is 0 Å². The van der Waals surface area contributed by atoms with Gasteiger partial charge in [0, 0.05) is 23.2 Å². The minimum atomic E-state index is -1.45. The lowest BCUT2D eigenvalue weighted by Gasteiger charge is -2.67. The lowest BCUT2D eigenvalue weighted by Crippen LogP contribution is -2.78. The van der Waals surface area contributed by atoms with Crippen molar-refractivity contribution < 1.29 is 43.6 Å². The van der Waals surface area contributed by atoms with Crippen LogP contribution in [-0.2, 0) is 33.4 Å². The van der Waals surface area contributed by atoms with Crippen molar-refractivity contribution in [2.24, 2.45) is 40.4 Å². The van der Waals surface area contributed by atoms with E-state index in [9.17, 15) is 29.4 Å². The minimum Gasteiger partial charge on any atom is -0.459 e. The highest BCUT2D eigenvalue weighted by Gasteiger charge is 2.83. The molecule has 0 amide bonds. The van der Waals surface area contributed by atoms with Crippen molar-refractivity contribution in [3.05, 3.63) is 0 Å². The summed E-state index contributed by atoms with van der Waals surface area (Å²) in [4.78, 5) is 52.2. The lowest BCUT2D eigenvalue weighted by atomic mass is 9.37. The number of Topliss-reactive ketones (excluding diaryl/α,β-unsaturated/α-hetero) is 2. The summed E-state index contributed by atoms with van der Waals surface area (Å²) in [5.41, 5.74) is -3.75. The first-order valence-electron chi connectivity index (χ1n) is 12.3. The number of ether oxygens (including phenoxy) is 3. The number of hydrogen-bond acceptors (Lipinski definition) is 9. The number of fused-ring (bicyclic) bond motifs is 2. The van der Waals surface area contributed by atoms with E-state index in [1.165, 1.54) is 0 Å². The highest BCUT2D eigenvalue weighted by Crippen LogP contribution is 2.72. The van der Waals surface area contributed by atoms with Crippen molar-refractivity contribution in [1.82, 2.24) is 0 Å². The van der Waals surface area contributed by atoms with Crippen LogP contribution in [0, 0.1) is 40.4 Å². The molecule has 9 heteroatoms. The summed E-state index contributed by atoms with van der Waals surface area (Å²) in [5.74, 6) is -4.97. The van der Waals surface area contributed by atoms with Gasteiger partial charge in [0.15, 0.2) is 5.78 Å². The fraction of sp³-hybridized carbons (Fsp3) is 0.840. The molecule has 1 unspecified atom stereocenters. The van der Waals surface area contributed by atoms with E-state index in [1.807, 2.05) is 13.8 Å². The molecule has 0 aromatic carbocycles. The van der Waals surface area contributed by atoms with Gasteiger partial charge in [0.25, 0.3) is 0 Å². The summed E-state index contributed by atoms with van der Waals surface area (Å²) >= 11 is 0. The van der Waals surface area contributed by atoms with E-state index < -0.39 is 82.1 Å². The minimum absolute atomic E-state index is 0.0143. The molecule has 2 bridgehead atoms. The largest absolute Gasteiger partial charge is 0.459 e. The van der Waals surface area contributed by atoms with Crippen LogP contribution in [-0.4, -0.2) is 70.3 Å². The van der Waals surface area contributed by atoms with Gasteiger partial charge in [-0.1, -0.05) is 27.7 Å². The summed E-state index contributed by atoms with van der Waals surface area (Å²) < 4.78 is 17.8. The third kappa shape index (κ3) is 2.61. The Hall–Kier alpha value is -1.84. The predicted octanol–water partition coefficient (Wildman–Crippen LogP) is 0.817. The molecule has 2 saturated heterocycles. The molecule has 5 rings (SSSR count). The van der Waals surface area contributed by atoms with Crippen LogP contribution >= 0.6 is 0 Å². The van der Waals surface area contributed by atoms with E-state index in [4.69, 9.17) is 14.2 Å². The maximum Gasteiger partial charge on any atom is 0.348 e. The van der Waals surface area contributed by atoms with Crippen LogP contribution < -0.4 is 0 Å². The molecule has 3 aliphatic carbocycles. The summed E-state index contributed by atoms with van der Waals surface area (Å²) in [6.45, 7) is 8.76. The molecule has 2 aliphatic heterocycles. The second-order valence-electron chi connectivity index (χ2n) is 11.6. The zero-order valence-corrected chi connectivity index (χ0v) is 20.3. The number of hydrogen-bond donors (Lipinski definition) is 2. The molecular weight excluding hydrogens is 444 g/mol. The Morgan fingerprint density at radius 1 is 1.21 bits per heavy atom. The van der Waals surface area contributed by atoms with Gasteiger partial charge in [-0.2, -0.15) is 0 Å². The monoisotopic (exact) mass is 478 g/mol. The van der Waals surface area contributed by atoms with Gasteiger partial charge in [-0.05, 0) is 31.6 Å². The average Bonchev–Trinajstić information content (AvgIpc) is 3.06. The first-order chi connectivity index (χ1) is 15.8. The Morgan fingerprint density at radius 2 is 1.88 bits per heavy atom. The zero-order chi connectivity index (χ0) is 25.0. The molecule has 0 aromatic heterocycles. The molecular formula is C25H34O9. The van der Waals surface area contributed by atoms with Crippen LogP contribution in [0.1, 0.15) is 53.9 Å². The maximum atomic E-state index is 13.5. The lowest BCUT2D eigenvalue weighted by molar-refractivity contribution is -0.290. The second kappa shape index (κ2) is 7.34. The fourth-order valence-electron chi connectivity index (χ4n) is 8.29. The number of aliphatic hydroxyl groups is 2. The van der Waals surface area contributed by atoms with Crippen LogP contribution in [0.2, 0.25) is 0 Å². The Balaban J connectivity index is 1.69. The van der Waals surface area contributed by atoms with Gasteiger partial charge >= 0.3 is 11.9 Å². The molecule has 2 heterocycles. The highest BCUT2D eigenvalue weighted by atomic mass is 16.6. The third-order valence-corrected chi connectivity index (χ3v) is 10.1. The van der Waals surface area contributed by atoms with Crippen molar-refractivity contribution in [2.75, 3.05) is 6.61 Å². The summed E-state index contributed by atoms with van der Waals surface area (Å²) in [6.07, 6.45) is -3.92. The second-order valence-corrected chi connectivity index (χ2v) is 11.6. The number of carbonyl (C=O) groups is 4. The number of rotatable bonds is 3. The highest BCUT2D eigenvalue weighted by molar-refractivity contribution is 6.40. The van der Waals surface area contributed by atoms with Crippen LogP contribution in [0.25, 0.3) is 0 Å². The smallest absolute Gasteiger partial charge is 0.348 e. The van der Waals surface area contributed by atoms with Crippen molar-refractivity contribution in [1.29, 1.82) is 0 Å². The number of aliphatic hydroxyl groups excluding tert-OH is 2.